The first-order valence-electron chi connectivity index (χ1n) is 5.75. The van der Waals surface area contributed by atoms with E-state index in [-0.39, 0.29) is 24.0 Å². The van der Waals surface area contributed by atoms with Crippen LogP contribution in [0.2, 0.25) is 5.02 Å². The lowest BCUT2D eigenvalue weighted by molar-refractivity contribution is -0.125. The minimum atomic E-state index is -0.905. The second-order valence-corrected chi connectivity index (χ2v) is 4.79. The maximum atomic E-state index is 12.9. The molecule has 0 saturated carbocycles. The van der Waals surface area contributed by atoms with Crippen molar-refractivity contribution in [1.82, 2.24) is 4.90 Å². The Labute approximate surface area is 114 Å². The highest BCUT2D eigenvalue weighted by Crippen LogP contribution is 2.17. The summed E-state index contributed by atoms with van der Waals surface area (Å²) in [6.45, 7) is 0.211. The number of benzene rings is 1. The molecule has 0 unspecified atom stereocenters. The van der Waals surface area contributed by atoms with E-state index < -0.39 is 18.0 Å². The standard InChI is InChI=1S/C13H13ClFNO3/c14-9-5-8(1-3-10(9)15)2-4-13(19)16-6-11(17)12(18)7-16/h1-5,11-12,17-18H,6-7H2/t11-,12+. The molecule has 1 saturated heterocycles. The molecule has 2 rings (SSSR count). The zero-order valence-electron chi connectivity index (χ0n) is 9.96. The van der Waals surface area contributed by atoms with E-state index in [1.807, 2.05) is 0 Å². The summed E-state index contributed by atoms with van der Waals surface area (Å²) >= 11 is 5.62. The molecule has 1 aromatic rings. The van der Waals surface area contributed by atoms with Gasteiger partial charge in [-0.2, -0.15) is 0 Å². The molecular formula is C13H13ClFNO3. The Hall–Kier alpha value is -1.43. The van der Waals surface area contributed by atoms with E-state index in [0.717, 1.165) is 0 Å². The number of aliphatic hydroxyl groups excluding tert-OH is 2. The van der Waals surface area contributed by atoms with Crippen molar-refractivity contribution in [3.63, 3.8) is 0 Å². The summed E-state index contributed by atoms with van der Waals surface area (Å²) in [6.07, 6.45) is 0.995. The molecule has 4 nitrogen and oxygen atoms in total. The first kappa shape index (κ1) is 14.0. The van der Waals surface area contributed by atoms with Crippen LogP contribution in [0.1, 0.15) is 5.56 Å². The van der Waals surface area contributed by atoms with Gasteiger partial charge in [0.25, 0.3) is 0 Å². The van der Waals surface area contributed by atoms with Crippen LogP contribution in [0.25, 0.3) is 6.08 Å². The highest BCUT2D eigenvalue weighted by Gasteiger charge is 2.31. The van der Waals surface area contributed by atoms with Crippen LogP contribution < -0.4 is 0 Å². The van der Waals surface area contributed by atoms with Crippen LogP contribution in [0, 0.1) is 5.82 Å². The van der Waals surface area contributed by atoms with Gasteiger partial charge in [0.15, 0.2) is 0 Å². The molecule has 19 heavy (non-hydrogen) atoms. The van der Waals surface area contributed by atoms with Crippen LogP contribution in [0.15, 0.2) is 24.3 Å². The number of hydrogen-bond donors (Lipinski definition) is 2. The summed E-state index contributed by atoms with van der Waals surface area (Å²) in [4.78, 5) is 13.1. The summed E-state index contributed by atoms with van der Waals surface area (Å²) < 4.78 is 12.9. The number of carbonyl (C=O) groups excluding carboxylic acids is 1. The quantitative estimate of drug-likeness (QED) is 0.799. The Bertz CT molecular complexity index is 511. The normalized spacial score (nSPS) is 23.3. The van der Waals surface area contributed by atoms with Crippen molar-refractivity contribution < 1.29 is 19.4 Å². The van der Waals surface area contributed by atoms with Gasteiger partial charge in [-0.3, -0.25) is 4.79 Å². The van der Waals surface area contributed by atoms with Gasteiger partial charge in [-0.1, -0.05) is 17.7 Å². The van der Waals surface area contributed by atoms with Crippen LogP contribution >= 0.6 is 11.6 Å². The smallest absolute Gasteiger partial charge is 0.246 e. The molecule has 0 radical (unpaired) electrons. The first-order valence-corrected chi connectivity index (χ1v) is 6.13. The molecule has 2 N–H and O–H groups in total. The number of carbonyl (C=O) groups is 1. The fourth-order valence-corrected chi connectivity index (χ4v) is 2.03. The number of amides is 1. The van der Waals surface area contributed by atoms with Crippen molar-refractivity contribution in [2.45, 2.75) is 12.2 Å². The average Bonchev–Trinajstić information content (AvgIpc) is 2.71. The van der Waals surface area contributed by atoms with Crippen LogP contribution in [-0.2, 0) is 4.79 Å². The van der Waals surface area contributed by atoms with Crippen molar-refractivity contribution >= 4 is 23.6 Å². The molecule has 1 heterocycles. The molecule has 1 amide bonds. The molecule has 0 aromatic heterocycles. The minimum Gasteiger partial charge on any atom is -0.388 e. The van der Waals surface area contributed by atoms with Crippen molar-refractivity contribution in [2.75, 3.05) is 13.1 Å². The van der Waals surface area contributed by atoms with E-state index in [4.69, 9.17) is 11.6 Å². The fraction of sp³-hybridized carbons (Fsp3) is 0.308. The molecule has 0 aliphatic carbocycles. The van der Waals surface area contributed by atoms with E-state index in [1.54, 1.807) is 0 Å². The molecule has 1 aliphatic rings. The maximum Gasteiger partial charge on any atom is 0.246 e. The van der Waals surface area contributed by atoms with Gasteiger partial charge in [-0.25, -0.2) is 4.39 Å². The van der Waals surface area contributed by atoms with Crippen LogP contribution in [0.4, 0.5) is 4.39 Å². The van der Waals surface area contributed by atoms with Crippen molar-refractivity contribution in [1.29, 1.82) is 0 Å². The Morgan fingerprint density at radius 2 is 2.00 bits per heavy atom. The average molecular weight is 286 g/mol. The number of hydrogen-bond acceptors (Lipinski definition) is 3. The van der Waals surface area contributed by atoms with Crippen molar-refractivity contribution in [3.05, 3.63) is 40.7 Å². The number of aliphatic hydroxyl groups is 2. The fourth-order valence-electron chi connectivity index (χ4n) is 1.84. The predicted octanol–water partition coefficient (Wildman–Crippen LogP) is 1.06. The number of rotatable bonds is 2. The molecule has 6 heteroatoms. The first-order chi connectivity index (χ1) is 8.97. The molecule has 1 aliphatic heterocycles. The van der Waals surface area contributed by atoms with E-state index in [2.05, 4.69) is 0 Å². The Morgan fingerprint density at radius 3 is 2.58 bits per heavy atom. The van der Waals surface area contributed by atoms with Gasteiger partial charge in [0.05, 0.1) is 17.2 Å². The Kier molecular flexibility index (Phi) is 4.19. The Morgan fingerprint density at radius 1 is 1.37 bits per heavy atom. The summed E-state index contributed by atoms with van der Waals surface area (Å²) in [5, 5.41) is 18.7. The van der Waals surface area contributed by atoms with E-state index in [9.17, 15) is 19.4 Å². The van der Waals surface area contributed by atoms with Crippen molar-refractivity contribution in [3.8, 4) is 0 Å². The molecule has 2 atom stereocenters. The SMILES string of the molecule is O=C(C=Cc1ccc(F)c(Cl)c1)N1C[C@@H](O)[C@@H](O)C1. The molecule has 1 aromatic carbocycles. The van der Waals surface area contributed by atoms with Gasteiger partial charge in [0, 0.05) is 19.2 Å². The number of halogens is 2. The topological polar surface area (TPSA) is 60.8 Å². The van der Waals surface area contributed by atoms with E-state index >= 15 is 0 Å². The zero-order valence-corrected chi connectivity index (χ0v) is 10.7. The highest BCUT2D eigenvalue weighted by molar-refractivity contribution is 6.30. The van der Waals surface area contributed by atoms with Gasteiger partial charge < -0.3 is 15.1 Å². The highest BCUT2D eigenvalue weighted by atomic mass is 35.5. The lowest BCUT2D eigenvalue weighted by Crippen LogP contribution is -2.27. The van der Waals surface area contributed by atoms with Gasteiger partial charge in [-0.05, 0) is 23.8 Å². The number of nitrogens with zero attached hydrogens (tertiary/aromatic N) is 1. The van der Waals surface area contributed by atoms with Gasteiger partial charge >= 0.3 is 0 Å². The molecule has 1 fully saturated rings. The van der Waals surface area contributed by atoms with Gasteiger partial charge in [-0.15, -0.1) is 0 Å². The zero-order chi connectivity index (χ0) is 14.0. The lowest BCUT2D eigenvalue weighted by Gasteiger charge is -2.12. The second kappa shape index (κ2) is 5.69. The molecule has 102 valence electrons. The number of likely N-dealkylation sites (tertiary alicyclic amines) is 1. The Balaban J connectivity index is 2.02. The predicted molar refractivity (Wildman–Crippen MR) is 69.0 cm³/mol. The molecule has 0 spiro atoms. The third kappa shape index (κ3) is 3.32. The molecular weight excluding hydrogens is 273 g/mol. The third-order valence-electron chi connectivity index (χ3n) is 2.93. The van der Waals surface area contributed by atoms with Crippen molar-refractivity contribution in [2.24, 2.45) is 0 Å². The minimum absolute atomic E-state index is 0.0124. The monoisotopic (exact) mass is 285 g/mol. The van der Waals surface area contributed by atoms with E-state index in [1.165, 1.54) is 35.3 Å². The summed E-state index contributed by atoms with van der Waals surface area (Å²) in [7, 11) is 0. The van der Waals surface area contributed by atoms with Gasteiger partial charge in [0.1, 0.15) is 5.82 Å². The summed E-state index contributed by atoms with van der Waals surface area (Å²) in [5.74, 6) is -0.841. The molecule has 0 bridgehead atoms. The largest absolute Gasteiger partial charge is 0.388 e. The van der Waals surface area contributed by atoms with Crippen LogP contribution in [-0.4, -0.2) is 46.3 Å². The lowest BCUT2D eigenvalue weighted by atomic mass is 10.2. The summed E-state index contributed by atoms with van der Waals surface area (Å²) in [6, 6.07) is 4.13. The van der Waals surface area contributed by atoms with Gasteiger partial charge in [0.2, 0.25) is 5.91 Å². The van der Waals surface area contributed by atoms with Crippen LogP contribution in [0.5, 0.6) is 0 Å². The number of β-amino-alcohol motifs (C(OH)–C–C–N with tert-alkyl or cyclic N) is 2. The van der Waals surface area contributed by atoms with Crippen LogP contribution in [0.3, 0.4) is 0 Å². The van der Waals surface area contributed by atoms with E-state index in [0.29, 0.717) is 5.56 Å². The second-order valence-electron chi connectivity index (χ2n) is 4.38. The summed E-state index contributed by atoms with van der Waals surface area (Å²) in [5.41, 5.74) is 0.597. The third-order valence-corrected chi connectivity index (χ3v) is 3.22. The maximum absolute atomic E-state index is 12.9.